The van der Waals surface area contributed by atoms with Gasteiger partial charge in [-0.3, -0.25) is 4.79 Å². The Balaban J connectivity index is 2.25. The van der Waals surface area contributed by atoms with Gasteiger partial charge in [-0.1, -0.05) is 11.6 Å². The van der Waals surface area contributed by atoms with Crippen molar-refractivity contribution in [3.63, 3.8) is 0 Å². The van der Waals surface area contributed by atoms with E-state index < -0.39 is 5.82 Å². The highest BCUT2D eigenvalue weighted by molar-refractivity contribution is 6.33. The first-order valence-electron chi connectivity index (χ1n) is 5.60. The van der Waals surface area contributed by atoms with Crippen LogP contribution in [0.1, 0.15) is 15.9 Å². The van der Waals surface area contributed by atoms with Crippen LogP contribution in [0.5, 0.6) is 0 Å². The lowest BCUT2D eigenvalue weighted by atomic mass is 10.1. The lowest BCUT2D eigenvalue weighted by molar-refractivity contribution is 0.102. The molecule has 2 rings (SSSR count). The number of nitrogens with one attached hydrogen (secondary N) is 1. The standard InChI is InChI=1S/C14H12ClFN2O/c1-8-6-10(17)3-4-11(8)14(19)18-13-5-2-9(16)7-12(13)15/h2-7H,17H2,1H3,(H,18,19). The van der Waals surface area contributed by atoms with Crippen molar-refractivity contribution in [2.45, 2.75) is 6.92 Å². The van der Waals surface area contributed by atoms with Crippen LogP contribution in [0.15, 0.2) is 36.4 Å². The Bertz CT molecular complexity index is 643. The summed E-state index contributed by atoms with van der Waals surface area (Å²) < 4.78 is 12.9. The number of anilines is 2. The van der Waals surface area contributed by atoms with Crippen LogP contribution >= 0.6 is 11.6 Å². The second-order valence-electron chi connectivity index (χ2n) is 4.15. The van der Waals surface area contributed by atoms with Gasteiger partial charge in [-0.25, -0.2) is 4.39 Å². The number of nitrogens with two attached hydrogens (primary N) is 1. The molecule has 5 heteroatoms. The van der Waals surface area contributed by atoms with Crippen molar-refractivity contribution in [2.75, 3.05) is 11.1 Å². The molecule has 2 aromatic carbocycles. The van der Waals surface area contributed by atoms with Gasteiger partial charge in [0.25, 0.3) is 5.91 Å². The van der Waals surface area contributed by atoms with Crippen molar-refractivity contribution in [1.29, 1.82) is 0 Å². The van der Waals surface area contributed by atoms with Gasteiger partial charge < -0.3 is 11.1 Å². The molecule has 0 heterocycles. The molecule has 0 aliphatic rings. The molecule has 0 radical (unpaired) electrons. The summed E-state index contributed by atoms with van der Waals surface area (Å²) in [7, 11) is 0. The Morgan fingerprint density at radius 2 is 2.00 bits per heavy atom. The minimum atomic E-state index is -0.452. The summed E-state index contributed by atoms with van der Waals surface area (Å²) in [6, 6.07) is 8.79. The van der Waals surface area contributed by atoms with Crippen LogP contribution in [0, 0.1) is 12.7 Å². The normalized spacial score (nSPS) is 10.3. The number of aryl methyl sites for hydroxylation is 1. The van der Waals surface area contributed by atoms with Gasteiger partial charge in [-0.15, -0.1) is 0 Å². The lowest BCUT2D eigenvalue weighted by Gasteiger charge is -2.09. The van der Waals surface area contributed by atoms with E-state index >= 15 is 0 Å². The Hall–Kier alpha value is -2.07. The van der Waals surface area contributed by atoms with Crippen molar-refractivity contribution < 1.29 is 9.18 Å². The molecule has 0 aromatic heterocycles. The van der Waals surface area contributed by atoms with Crippen molar-refractivity contribution >= 4 is 28.9 Å². The number of halogens is 2. The molecule has 2 aromatic rings. The topological polar surface area (TPSA) is 55.1 Å². The second-order valence-corrected chi connectivity index (χ2v) is 4.56. The first-order valence-corrected chi connectivity index (χ1v) is 5.97. The smallest absolute Gasteiger partial charge is 0.255 e. The summed E-state index contributed by atoms with van der Waals surface area (Å²) >= 11 is 5.85. The number of amides is 1. The lowest BCUT2D eigenvalue weighted by Crippen LogP contribution is -2.13. The van der Waals surface area contributed by atoms with E-state index in [9.17, 15) is 9.18 Å². The zero-order chi connectivity index (χ0) is 14.0. The number of nitrogen functional groups attached to an aromatic ring is 1. The molecule has 0 atom stereocenters. The number of rotatable bonds is 2. The van der Waals surface area contributed by atoms with E-state index in [1.54, 1.807) is 25.1 Å². The van der Waals surface area contributed by atoms with Gasteiger partial charge >= 0.3 is 0 Å². The molecule has 1 amide bonds. The van der Waals surface area contributed by atoms with E-state index in [2.05, 4.69) is 5.32 Å². The van der Waals surface area contributed by atoms with Crippen LogP contribution in [0.25, 0.3) is 0 Å². The van der Waals surface area contributed by atoms with Gasteiger partial charge in [-0.2, -0.15) is 0 Å². The quantitative estimate of drug-likeness (QED) is 0.824. The van der Waals surface area contributed by atoms with E-state index in [-0.39, 0.29) is 10.9 Å². The number of carbonyl (C=O) groups is 1. The van der Waals surface area contributed by atoms with Gasteiger partial charge in [0.2, 0.25) is 0 Å². The highest BCUT2D eigenvalue weighted by Crippen LogP contribution is 2.23. The Labute approximate surface area is 115 Å². The summed E-state index contributed by atoms with van der Waals surface area (Å²) in [6.45, 7) is 1.79. The van der Waals surface area contributed by atoms with Gasteiger partial charge in [0.1, 0.15) is 5.82 Å². The molecule has 0 aliphatic heterocycles. The maximum absolute atomic E-state index is 12.9. The van der Waals surface area contributed by atoms with Crippen LogP contribution in [0.2, 0.25) is 5.02 Å². The van der Waals surface area contributed by atoms with Gasteiger partial charge in [-0.05, 0) is 48.9 Å². The van der Waals surface area contributed by atoms with E-state index in [1.807, 2.05) is 0 Å². The van der Waals surface area contributed by atoms with Crippen molar-refractivity contribution in [3.05, 3.63) is 58.4 Å². The van der Waals surface area contributed by atoms with Crippen LogP contribution in [-0.2, 0) is 0 Å². The monoisotopic (exact) mass is 278 g/mol. The van der Waals surface area contributed by atoms with Crippen molar-refractivity contribution in [1.82, 2.24) is 0 Å². The minimum Gasteiger partial charge on any atom is -0.399 e. The molecule has 19 heavy (non-hydrogen) atoms. The molecule has 3 nitrogen and oxygen atoms in total. The summed E-state index contributed by atoms with van der Waals surface area (Å²) in [5.74, 6) is -0.766. The average Bonchev–Trinajstić information content (AvgIpc) is 2.32. The Kier molecular flexibility index (Phi) is 3.71. The first kappa shape index (κ1) is 13.4. The Morgan fingerprint density at radius 1 is 1.26 bits per heavy atom. The molecule has 0 unspecified atom stereocenters. The number of benzene rings is 2. The molecule has 0 aliphatic carbocycles. The Morgan fingerprint density at radius 3 is 2.63 bits per heavy atom. The molecule has 0 bridgehead atoms. The molecule has 0 spiro atoms. The zero-order valence-corrected chi connectivity index (χ0v) is 11.0. The molecule has 0 saturated carbocycles. The van der Waals surface area contributed by atoms with Crippen molar-refractivity contribution in [2.24, 2.45) is 0 Å². The largest absolute Gasteiger partial charge is 0.399 e. The summed E-state index contributed by atoms with van der Waals surface area (Å²) in [4.78, 5) is 12.1. The fourth-order valence-corrected chi connectivity index (χ4v) is 1.94. The van der Waals surface area contributed by atoms with Crippen LogP contribution in [-0.4, -0.2) is 5.91 Å². The number of hydrogen-bond donors (Lipinski definition) is 2. The van der Waals surface area contributed by atoms with Gasteiger partial charge in [0, 0.05) is 11.3 Å². The van der Waals surface area contributed by atoms with Crippen LogP contribution < -0.4 is 11.1 Å². The fraction of sp³-hybridized carbons (Fsp3) is 0.0714. The maximum atomic E-state index is 12.9. The predicted molar refractivity (Wildman–Crippen MR) is 75.0 cm³/mol. The summed E-state index contributed by atoms with van der Waals surface area (Å²) in [6.07, 6.45) is 0. The molecule has 0 saturated heterocycles. The van der Waals surface area contributed by atoms with Gasteiger partial charge in [0.05, 0.1) is 10.7 Å². The molecular formula is C14H12ClFN2O. The molecule has 0 fully saturated rings. The third-order valence-electron chi connectivity index (χ3n) is 2.67. The average molecular weight is 279 g/mol. The van der Waals surface area contributed by atoms with Crippen LogP contribution in [0.4, 0.5) is 15.8 Å². The van der Waals surface area contributed by atoms with E-state index in [0.717, 1.165) is 11.6 Å². The first-order chi connectivity index (χ1) is 8.97. The SMILES string of the molecule is Cc1cc(N)ccc1C(=O)Nc1ccc(F)cc1Cl. The van der Waals surface area contributed by atoms with E-state index in [0.29, 0.717) is 16.9 Å². The third kappa shape index (κ3) is 3.03. The zero-order valence-electron chi connectivity index (χ0n) is 10.2. The van der Waals surface area contributed by atoms with Crippen LogP contribution in [0.3, 0.4) is 0 Å². The molecule has 98 valence electrons. The van der Waals surface area contributed by atoms with E-state index in [4.69, 9.17) is 17.3 Å². The predicted octanol–water partition coefficient (Wildman–Crippen LogP) is 3.62. The fourth-order valence-electron chi connectivity index (χ4n) is 1.72. The summed E-state index contributed by atoms with van der Waals surface area (Å²) in [5.41, 5.74) is 7.84. The van der Waals surface area contributed by atoms with Gasteiger partial charge in [0.15, 0.2) is 0 Å². The third-order valence-corrected chi connectivity index (χ3v) is 2.99. The maximum Gasteiger partial charge on any atom is 0.255 e. The van der Waals surface area contributed by atoms with Crippen molar-refractivity contribution in [3.8, 4) is 0 Å². The van der Waals surface area contributed by atoms with E-state index in [1.165, 1.54) is 12.1 Å². The molecular weight excluding hydrogens is 267 g/mol. The minimum absolute atomic E-state index is 0.154. The number of carbonyl (C=O) groups excluding carboxylic acids is 1. The highest BCUT2D eigenvalue weighted by Gasteiger charge is 2.11. The molecule has 3 N–H and O–H groups in total. The second kappa shape index (κ2) is 5.28. The number of hydrogen-bond acceptors (Lipinski definition) is 2. The summed E-state index contributed by atoms with van der Waals surface area (Å²) in [5, 5.41) is 2.79. The highest BCUT2D eigenvalue weighted by atomic mass is 35.5.